The Morgan fingerprint density at radius 1 is 0.488 bits per heavy atom. The van der Waals surface area contributed by atoms with Crippen molar-refractivity contribution in [1.82, 2.24) is 18.9 Å². The van der Waals surface area contributed by atoms with Crippen LogP contribution in [-0.4, -0.2) is 18.9 Å². The van der Waals surface area contributed by atoms with E-state index in [-0.39, 0.29) is 0 Å². The minimum atomic E-state index is 0.758. The maximum Gasteiger partial charge on any atom is 0.146 e. The lowest BCUT2D eigenvalue weighted by atomic mass is 10.1. The molecule has 4 aromatic heterocycles. The smallest absolute Gasteiger partial charge is 0.146 e. The number of benzene rings is 5. The van der Waals surface area contributed by atoms with Gasteiger partial charge in [-0.05, 0) is 72.1 Å². The van der Waals surface area contributed by atoms with Crippen LogP contribution in [0, 0.1) is 0 Å². The van der Waals surface area contributed by atoms with Crippen molar-refractivity contribution < 1.29 is 4.74 Å². The van der Waals surface area contributed by atoms with Gasteiger partial charge in [-0.3, -0.25) is 8.97 Å². The zero-order valence-electron chi connectivity index (χ0n) is 21.9. The van der Waals surface area contributed by atoms with E-state index in [1.165, 1.54) is 10.8 Å². The number of nitrogens with zero attached hydrogens (tertiary/aromatic N) is 4. The van der Waals surface area contributed by atoms with Crippen LogP contribution < -0.4 is 4.74 Å². The summed E-state index contributed by atoms with van der Waals surface area (Å²) in [6.07, 6.45) is 1.84. The summed E-state index contributed by atoms with van der Waals surface area (Å²) in [5, 5.41) is 5.71. The molecule has 0 aliphatic heterocycles. The van der Waals surface area contributed by atoms with E-state index in [1.54, 1.807) is 0 Å². The van der Waals surface area contributed by atoms with E-state index in [2.05, 4.69) is 106 Å². The molecule has 4 heterocycles. The summed E-state index contributed by atoms with van der Waals surface area (Å²) in [7, 11) is 0. The Morgan fingerprint density at radius 2 is 1.22 bits per heavy atom. The molecule has 0 atom stereocenters. The van der Waals surface area contributed by atoms with Gasteiger partial charge in [-0.25, -0.2) is 9.97 Å². The quantitative estimate of drug-likeness (QED) is 0.216. The molecule has 0 saturated carbocycles. The Labute approximate surface area is 234 Å². The van der Waals surface area contributed by atoms with Gasteiger partial charge in [0, 0.05) is 33.8 Å². The maximum atomic E-state index is 6.51. The SMILES string of the molecule is c1cc(Oc2ccc3c4ccccc4n4c5ccccc5nc4c3c2)cc(-n2c3ccccc3c3cccnc32)c1. The first kappa shape index (κ1) is 22.2. The monoisotopic (exact) mass is 526 g/mol. The van der Waals surface area contributed by atoms with Gasteiger partial charge in [0.15, 0.2) is 0 Å². The molecule has 5 nitrogen and oxygen atoms in total. The molecule has 9 rings (SSSR count). The third kappa shape index (κ3) is 3.23. The molecule has 0 saturated heterocycles. The van der Waals surface area contributed by atoms with Crippen LogP contribution in [0.3, 0.4) is 0 Å². The summed E-state index contributed by atoms with van der Waals surface area (Å²) >= 11 is 0. The number of imidazole rings is 1. The van der Waals surface area contributed by atoms with Gasteiger partial charge in [0.2, 0.25) is 0 Å². The lowest BCUT2D eigenvalue weighted by molar-refractivity contribution is 0.483. The molecule has 192 valence electrons. The van der Waals surface area contributed by atoms with E-state index in [0.717, 1.165) is 66.7 Å². The molecule has 41 heavy (non-hydrogen) atoms. The van der Waals surface area contributed by atoms with Gasteiger partial charge in [-0.15, -0.1) is 0 Å². The molecular weight excluding hydrogens is 504 g/mol. The molecule has 0 bridgehead atoms. The second-order valence-corrected chi connectivity index (χ2v) is 10.3. The summed E-state index contributed by atoms with van der Waals surface area (Å²) < 4.78 is 11.0. The zero-order valence-corrected chi connectivity index (χ0v) is 21.9. The van der Waals surface area contributed by atoms with Crippen LogP contribution in [0.15, 0.2) is 134 Å². The minimum Gasteiger partial charge on any atom is -0.457 e. The number of hydrogen-bond acceptors (Lipinski definition) is 3. The van der Waals surface area contributed by atoms with Crippen molar-refractivity contribution in [3.8, 4) is 17.2 Å². The van der Waals surface area contributed by atoms with Gasteiger partial charge >= 0.3 is 0 Å². The van der Waals surface area contributed by atoms with Crippen molar-refractivity contribution in [2.75, 3.05) is 0 Å². The topological polar surface area (TPSA) is 44.4 Å². The lowest BCUT2D eigenvalue weighted by Gasteiger charge is -2.12. The third-order valence-corrected chi connectivity index (χ3v) is 7.97. The molecule has 5 aromatic carbocycles. The van der Waals surface area contributed by atoms with E-state index in [0.29, 0.717) is 0 Å². The van der Waals surface area contributed by atoms with E-state index >= 15 is 0 Å². The Bertz CT molecular complexity index is 2420. The van der Waals surface area contributed by atoms with Crippen LogP contribution in [0.1, 0.15) is 0 Å². The zero-order chi connectivity index (χ0) is 26.9. The highest BCUT2D eigenvalue weighted by molar-refractivity contribution is 6.14. The van der Waals surface area contributed by atoms with Crippen LogP contribution >= 0.6 is 0 Å². The Hall–Kier alpha value is -5.68. The summed E-state index contributed by atoms with van der Waals surface area (Å²) in [6.45, 7) is 0. The molecule has 9 aromatic rings. The van der Waals surface area contributed by atoms with E-state index in [4.69, 9.17) is 14.7 Å². The van der Waals surface area contributed by atoms with Crippen LogP contribution in [0.25, 0.3) is 66.0 Å². The predicted molar refractivity (Wildman–Crippen MR) is 166 cm³/mol. The van der Waals surface area contributed by atoms with Crippen molar-refractivity contribution in [3.05, 3.63) is 134 Å². The Kier molecular flexibility index (Phi) is 4.55. The number of para-hydroxylation sites is 4. The summed E-state index contributed by atoms with van der Waals surface area (Å²) in [5.41, 5.74) is 7.19. The third-order valence-electron chi connectivity index (χ3n) is 7.97. The fourth-order valence-corrected chi connectivity index (χ4v) is 6.23. The van der Waals surface area contributed by atoms with E-state index in [9.17, 15) is 0 Å². The average Bonchev–Trinajstić information content (AvgIpc) is 3.58. The standard InChI is InChI=1S/C36H22N4O/c1-5-16-33-27(11-1)26-19-18-25(22-30(26)36-38-31-14-3-6-17-34(31)40(33)36)41-24-10-7-9-23(21-24)39-32-15-4-2-12-28(32)29-13-8-20-37-35(29)39/h1-22H. The van der Waals surface area contributed by atoms with Gasteiger partial charge in [-0.2, -0.15) is 0 Å². The number of ether oxygens (including phenoxy) is 1. The van der Waals surface area contributed by atoms with Crippen LogP contribution in [0.5, 0.6) is 11.5 Å². The van der Waals surface area contributed by atoms with Crippen molar-refractivity contribution in [1.29, 1.82) is 0 Å². The molecule has 0 N–H and O–H groups in total. The van der Waals surface area contributed by atoms with E-state index in [1.807, 2.05) is 36.5 Å². The summed E-state index contributed by atoms with van der Waals surface area (Å²) in [6, 6.07) is 43.8. The van der Waals surface area contributed by atoms with Gasteiger partial charge in [0.25, 0.3) is 0 Å². The van der Waals surface area contributed by atoms with Crippen LogP contribution in [0.4, 0.5) is 0 Å². The molecule has 5 heteroatoms. The number of hydrogen-bond donors (Lipinski definition) is 0. The molecule has 0 amide bonds. The van der Waals surface area contributed by atoms with Crippen molar-refractivity contribution >= 4 is 60.3 Å². The number of pyridine rings is 2. The largest absolute Gasteiger partial charge is 0.457 e. The predicted octanol–water partition coefficient (Wildman–Crippen LogP) is 9.08. The van der Waals surface area contributed by atoms with E-state index < -0.39 is 0 Å². The normalized spacial score (nSPS) is 11.9. The van der Waals surface area contributed by atoms with Gasteiger partial charge in [-0.1, -0.05) is 54.6 Å². The fourth-order valence-electron chi connectivity index (χ4n) is 6.23. The highest BCUT2D eigenvalue weighted by Gasteiger charge is 2.16. The highest BCUT2D eigenvalue weighted by atomic mass is 16.5. The Morgan fingerprint density at radius 3 is 2.12 bits per heavy atom. The molecule has 0 unspecified atom stereocenters. The average molecular weight is 527 g/mol. The van der Waals surface area contributed by atoms with Crippen LogP contribution in [0.2, 0.25) is 0 Å². The fraction of sp³-hybridized carbons (Fsp3) is 0. The number of aromatic nitrogens is 4. The molecule has 0 spiro atoms. The molecule has 0 radical (unpaired) electrons. The molecule has 0 aliphatic carbocycles. The maximum absolute atomic E-state index is 6.51. The number of rotatable bonds is 3. The first-order valence-corrected chi connectivity index (χ1v) is 13.7. The van der Waals surface area contributed by atoms with Crippen molar-refractivity contribution in [2.24, 2.45) is 0 Å². The van der Waals surface area contributed by atoms with Crippen molar-refractivity contribution in [2.45, 2.75) is 0 Å². The molecule has 0 aliphatic rings. The van der Waals surface area contributed by atoms with Gasteiger partial charge < -0.3 is 4.74 Å². The number of fused-ring (bicyclic) bond motifs is 11. The first-order valence-electron chi connectivity index (χ1n) is 13.7. The molecular formula is C36H22N4O. The first-order chi connectivity index (χ1) is 20.3. The van der Waals surface area contributed by atoms with Gasteiger partial charge in [0.1, 0.15) is 22.8 Å². The second kappa shape index (κ2) is 8.41. The van der Waals surface area contributed by atoms with Crippen molar-refractivity contribution in [3.63, 3.8) is 0 Å². The molecule has 0 fully saturated rings. The second-order valence-electron chi connectivity index (χ2n) is 10.3. The van der Waals surface area contributed by atoms with Crippen LogP contribution in [-0.2, 0) is 0 Å². The summed E-state index contributed by atoms with van der Waals surface area (Å²) in [5.74, 6) is 1.52. The highest BCUT2D eigenvalue weighted by Crippen LogP contribution is 2.36. The lowest BCUT2D eigenvalue weighted by Crippen LogP contribution is -1.96. The van der Waals surface area contributed by atoms with Gasteiger partial charge in [0.05, 0.1) is 27.8 Å². The summed E-state index contributed by atoms with van der Waals surface area (Å²) in [4.78, 5) is 9.77. The minimum absolute atomic E-state index is 0.758. The Balaban J connectivity index is 1.21.